The summed E-state index contributed by atoms with van der Waals surface area (Å²) in [5.74, 6) is 1.04. The second kappa shape index (κ2) is 5.96. The van der Waals surface area contributed by atoms with E-state index in [0.717, 1.165) is 5.56 Å². The van der Waals surface area contributed by atoms with Crippen LogP contribution in [0.15, 0.2) is 28.8 Å². The first-order chi connectivity index (χ1) is 9.20. The van der Waals surface area contributed by atoms with Gasteiger partial charge in [0.2, 0.25) is 17.6 Å². The zero-order valence-corrected chi connectivity index (χ0v) is 10.4. The van der Waals surface area contributed by atoms with Crippen molar-refractivity contribution in [1.82, 2.24) is 15.5 Å². The van der Waals surface area contributed by atoms with Gasteiger partial charge in [0, 0.05) is 0 Å². The first-order valence-electron chi connectivity index (χ1n) is 5.65. The minimum atomic E-state index is -0.440. The molecule has 0 spiro atoms. The van der Waals surface area contributed by atoms with Gasteiger partial charge < -0.3 is 15.0 Å². The van der Waals surface area contributed by atoms with E-state index in [0.29, 0.717) is 17.5 Å². The molecule has 19 heavy (non-hydrogen) atoms. The number of carbonyl (C=O) groups excluding carboxylic acids is 1. The maximum Gasteiger partial charge on any atom is 0.240 e. The van der Waals surface area contributed by atoms with E-state index in [-0.39, 0.29) is 13.1 Å². The maximum absolute atomic E-state index is 10.6. The molecule has 7 heteroatoms. The number of methoxy groups -OCH3 is 1. The number of nitrogens with zero attached hydrogens (tertiary/aromatic N) is 2. The second-order valence-electron chi connectivity index (χ2n) is 3.78. The SMILES string of the molecule is COc1ccccc1-c1noc(CNCC(N)=O)n1. The van der Waals surface area contributed by atoms with Crippen LogP contribution in [0.2, 0.25) is 0 Å². The number of rotatable bonds is 6. The van der Waals surface area contributed by atoms with Gasteiger partial charge in [-0.3, -0.25) is 10.1 Å². The number of hydrogen-bond donors (Lipinski definition) is 2. The number of benzene rings is 1. The zero-order chi connectivity index (χ0) is 13.7. The topological polar surface area (TPSA) is 103 Å². The third-order valence-corrected chi connectivity index (χ3v) is 2.39. The molecule has 0 radical (unpaired) electrons. The molecule has 0 bridgehead atoms. The van der Waals surface area contributed by atoms with Gasteiger partial charge in [0.25, 0.3) is 0 Å². The van der Waals surface area contributed by atoms with Crippen molar-refractivity contribution in [3.05, 3.63) is 30.2 Å². The molecule has 1 heterocycles. The van der Waals surface area contributed by atoms with Crippen LogP contribution in [0.25, 0.3) is 11.4 Å². The van der Waals surface area contributed by atoms with Crippen LogP contribution in [0.4, 0.5) is 0 Å². The summed E-state index contributed by atoms with van der Waals surface area (Å²) in [5, 5.41) is 6.66. The number of ether oxygens (including phenoxy) is 1. The Bertz CT molecular complexity index is 568. The predicted molar refractivity (Wildman–Crippen MR) is 67.2 cm³/mol. The Morgan fingerprint density at radius 2 is 2.26 bits per heavy atom. The number of carbonyl (C=O) groups is 1. The lowest BCUT2D eigenvalue weighted by Gasteiger charge is -2.03. The Morgan fingerprint density at radius 1 is 1.47 bits per heavy atom. The highest BCUT2D eigenvalue weighted by atomic mass is 16.5. The fourth-order valence-electron chi connectivity index (χ4n) is 1.56. The lowest BCUT2D eigenvalue weighted by Crippen LogP contribution is -2.28. The molecule has 0 unspecified atom stereocenters. The number of primary amides is 1. The van der Waals surface area contributed by atoms with Crippen LogP contribution in [0.1, 0.15) is 5.89 Å². The van der Waals surface area contributed by atoms with Crippen LogP contribution >= 0.6 is 0 Å². The van der Waals surface area contributed by atoms with Crippen molar-refractivity contribution < 1.29 is 14.1 Å². The molecule has 3 N–H and O–H groups in total. The zero-order valence-electron chi connectivity index (χ0n) is 10.4. The van der Waals surface area contributed by atoms with Crippen molar-refractivity contribution >= 4 is 5.91 Å². The van der Waals surface area contributed by atoms with Crippen LogP contribution in [0.3, 0.4) is 0 Å². The number of hydrogen-bond acceptors (Lipinski definition) is 6. The lowest BCUT2D eigenvalue weighted by molar-refractivity contribution is -0.117. The number of nitrogens with two attached hydrogens (primary N) is 1. The van der Waals surface area contributed by atoms with E-state index in [2.05, 4.69) is 15.5 Å². The molecule has 1 aromatic heterocycles. The van der Waals surface area contributed by atoms with E-state index in [1.807, 2.05) is 24.3 Å². The van der Waals surface area contributed by atoms with Gasteiger partial charge in [-0.1, -0.05) is 17.3 Å². The maximum atomic E-state index is 10.6. The highest BCUT2D eigenvalue weighted by Crippen LogP contribution is 2.26. The molecule has 1 aromatic carbocycles. The summed E-state index contributed by atoms with van der Waals surface area (Å²) in [6.45, 7) is 0.345. The smallest absolute Gasteiger partial charge is 0.240 e. The van der Waals surface area contributed by atoms with E-state index in [4.69, 9.17) is 15.0 Å². The van der Waals surface area contributed by atoms with Gasteiger partial charge in [0.1, 0.15) is 5.75 Å². The normalized spacial score (nSPS) is 10.4. The van der Waals surface area contributed by atoms with Crippen molar-refractivity contribution in [3.63, 3.8) is 0 Å². The largest absolute Gasteiger partial charge is 0.496 e. The molecule has 7 nitrogen and oxygen atoms in total. The van der Waals surface area contributed by atoms with Gasteiger partial charge in [0.05, 0.1) is 25.8 Å². The van der Waals surface area contributed by atoms with E-state index in [9.17, 15) is 4.79 Å². The van der Waals surface area contributed by atoms with E-state index < -0.39 is 5.91 Å². The molecule has 2 aromatic rings. The highest BCUT2D eigenvalue weighted by Gasteiger charge is 2.12. The minimum absolute atomic E-state index is 0.0619. The molecule has 0 fully saturated rings. The van der Waals surface area contributed by atoms with Crippen molar-refractivity contribution in [2.75, 3.05) is 13.7 Å². The third-order valence-electron chi connectivity index (χ3n) is 2.39. The van der Waals surface area contributed by atoms with Crippen molar-refractivity contribution in [1.29, 1.82) is 0 Å². The Hall–Kier alpha value is -2.41. The van der Waals surface area contributed by atoms with E-state index >= 15 is 0 Å². The summed E-state index contributed by atoms with van der Waals surface area (Å²) in [4.78, 5) is 14.8. The fraction of sp³-hybridized carbons (Fsp3) is 0.250. The summed E-state index contributed by atoms with van der Waals surface area (Å²) in [5.41, 5.74) is 5.75. The summed E-state index contributed by atoms with van der Waals surface area (Å²) in [6, 6.07) is 7.37. The average Bonchev–Trinajstić information content (AvgIpc) is 2.87. The summed E-state index contributed by atoms with van der Waals surface area (Å²) in [6.07, 6.45) is 0. The molecular weight excluding hydrogens is 248 g/mol. The minimum Gasteiger partial charge on any atom is -0.496 e. The third kappa shape index (κ3) is 3.29. The molecule has 100 valence electrons. The Kier molecular flexibility index (Phi) is 4.09. The van der Waals surface area contributed by atoms with Crippen molar-refractivity contribution in [2.24, 2.45) is 5.73 Å². The summed E-state index contributed by atoms with van der Waals surface area (Å²) in [7, 11) is 1.58. The molecule has 2 rings (SSSR count). The quantitative estimate of drug-likeness (QED) is 0.777. The monoisotopic (exact) mass is 262 g/mol. The molecule has 0 aliphatic heterocycles. The Morgan fingerprint density at radius 3 is 3.00 bits per heavy atom. The number of nitrogens with one attached hydrogen (secondary N) is 1. The molecule has 0 aliphatic rings. The Balaban J connectivity index is 2.10. The van der Waals surface area contributed by atoms with Gasteiger partial charge in [-0.15, -0.1) is 0 Å². The molecule has 0 atom stereocenters. The highest BCUT2D eigenvalue weighted by molar-refractivity contribution is 5.75. The molecule has 0 saturated carbocycles. The van der Waals surface area contributed by atoms with Crippen LogP contribution in [-0.4, -0.2) is 29.7 Å². The van der Waals surface area contributed by atoms with Gasteiger partial charge in [-0.25, -0.2) is 0 Å². The van der Waals surface area contributed by atoms with Gasteiger partial charge >= 0.3 is 0 Å². The summed E-state index contributed by atoms with van der Waals surface area (Å²) < 4.78 is 10.3. The standard InChI is InChI=1S/C12H14N4O3/c1-18-9-5-3-2-4-8(9)12-15-11(19-16-12)7-14-6-10(13)17/h2-5,14H,6-7H2,1H3,(H2,13,17). The van der Waals surface area contributed by atoms with Crippen LogP contribution in [-0.2, 0) is 11.3 Å². The first-order valence-corrected chi connectivity index (χ1v) is 5.65. The average molecular weight is 262 g/mol. The van der Waals surface area contributed by atoms with Crippen molar-refractivity contribution in [3.8, 4) is 17.1 Å². The number of aromatic nitrogens is 2. The summed E-state index contributed by atoms with van der Waals surface area (Å²) >= 11 is 0. The fourth-order valence-corrected chi connectivity index (χ4v) is 1.56. The van der Waals surface area contributed by atoms with Crippen LogP contribution in [0, 0.1) is 0 Å². The Labute approximate surface area is 109 Å². The molecule has 1 amide bonds. The number of para-hydroxylation sites is 1. The van der Waals surface area contributed by atoms with Gasteiger partial charge in [-0.2, -0.15) is 4.98 Å². The first kappa shape index (κ1) is 13.0. The van der Waals surface area contributed by atoms with Crippen LogP contribution < -0.4 is 15.8 Å². The van der Waals surface area contributed by atoms with E-state index in [1.54, 1.807) is 7.11 Å². The molecule has 0 aliphatic carbocycles. The number of amides is 1. The lowest BCUT2D eigenvalue weighted by atomic mass is 10.2. The van der Waals surface area contributed by atoms with Gasteiger partial charge in [0.15, 0.2) is 0 Å². The van der Waals surface area contributed by atoms with Crippen molar-refractivity contribution in [2.45, 2.75) is 6.54 Å². The van der Waals surface area contributed by atoms with Gasteiger partial charge in [-0.05, 0) is 12.1 Å². The second-order valence-corrected chi connectivity index (χ2v) is 3.78. The predicted octanol–water partition coefficient (Wildman–Crippen LogP) is 0.320. The van der Waals surface area contributed by atoms with Crippen LogP contribution in [0.5, 0.6) is 5.75 Å². The molecule has 0 saturated heterocycles. The van der Waals surface area contributed by atoms with E-state index in [1.165, 1.54) is 0 Å². The molecular formula is C12H14N4O3.